The number of methoxy groups -OCH3 is 1. The zero-order valence-corrected chi connectivity index (χ0v) is 15.5. The second kappa shape index (κ2) is 8.54. The van der Waals surface area contributed by atoms with Crippen molar-refractivity contribution in [1.29, 1.82) is 0 Å². The molecule has 9 nitrogen and oxygen atoms in total. The summed E-state index contributed by atoms with van der Waals surface area (Å²) in [4.78, 5) is 39.2. The molecular weight excluding hydrogens is 354 g/mol. The average molecular weight is 377 g/mol. The molecule has 3 amide bonds. The van der Waals surface area contributed by atoms with Crippen molar-refractivity contribution in [3.8, 4) is 11.5 Å². The van der Waals surface area contributed by atoms with Crippen molar-refractivity contribution in [1.82, 2.24) is 9.80 Å². The van der Waals surface area contributed by atoms with E-state index >= 15 is 0 Å². The van der Waals surface area contributed by atoms with Gasteiger partial charge in [-0.15, -0.1) is 0 Å². The van der Waals surface area contributed by atoms with Crippen molar-refractivity contribution in [2.24, 2.45) is 0 Å². The van der Waals surface area contributed by atoms with Gasteiger partial charge in [0.1, 0.15) is 5.70 Å². The lowest BCUT2D eigenvalue weighted by Crippen LogP contribution is -2.34. The number of benzene rings is 1. The maximum Gasteiger partial charge on any atom is 0.277 e. The second-order valence-corrected chi connectivity index (χ2v) is 5.75. The summed E-state index contributed by atoms with van der Waals surface area (Å²) in [5.74, 6) is -1.70. The largest absolute Gasteiger partial charge is 0.503 e. The molecule has 0 radical (unpaired) electrons. The number of anilines is 1. The van der Waals surface area contributed by atoms with Crippen molar-refractivity contribution in [2.75, 3.05) is 38.7 Å². The fourth-order valence-electron chi connectivity index (χ4n) is 2.73. The topological polar surface area (TPSA) is 119 Å². The number of rotatable bonds is 8. The molecule has 146 valence electrons. The smallest absolute Gasteiger partial charge is 0.277 e. The first-order valence-electron chi connectivity index (χ1n) is 8.53. The first kappa shape index (κ1) is 20.2. The number of ether oxygens (including phenoxy) is 1. The summed E-state index contributed by atoms with van der Waals surface area (Å²) in [6, 6.07) is 2.81. The Morgan fingerprint density at radius 3 is 2.48 bits per heavy atom. The minimum atomic E-state index is -0.632. The molecule has 2 rings (SSSR count). The van der Waals surface area contributed by atoms with Crippen molar-refractivity contribution in [3.05, 3.63) is 29.5 Å². The molecule has 1 heterocycles. The lowest BCUT2D eigenvalue weighted by molar-refractivity contribution is -0.137. The van der Waals surface area contributed by atoms with Gasteiger partial charge in [-0.05, 0) is 26.0 Å². The van der Waals surface area contributed by atoms with Crippen LogP contribution in [0.3, 0.4) is 0 Å². The minimum Gasteiger partial charge on any atom is -0.503 e. The van der Waals surface area contributed by atoms with Gasteiger partial charge < -0.3 is 25.2 Å². The van der Waals surface area contributed by atoms with Gasteiger partial charge in [-0.1, -0.05) is 0 Å². The first-order valence-corrected chi connectivity index (χ1v) is 8.53. The highest BCUT2D eigenvalue weighted by atomic mass is 16.5. The van der Waals surface area contributed by atoms with E-state index in [1.165, 1.54) is 19.2 Å². The molecule has 0 spiro atoms. The van der Waals surface area contributed by atoms with Crippen LogP contribution in [0.15, 0.2) is 23.9 Å². The molecule has 0 bridgehead atoms. The molecular formula is C18H23N3O6. The van der Waals surface area contributed by atoms with Gasteiger partial charge in [0, 0.05) is 24.7 Å². The molecule has 0 saturated carbocycles. The summed E-state index contributed by atoms with van der Waals surface area (Å²) in [5.41, 5.74) is 0.252. The Bertz CT molecular complexity index is 786. The number of nitrogens with one attached hydrogen (secondary N) is 1. The standard InChI is InChI=1S/C18H23N3O6/c1-4-20(5-2)17(25)11-8-12(16(24)14(9-11)27-3)19-13-10-15(23)21(6-7-22)18(13)26/h8-10,19,22,24H,4-7H2,1-3H3. The van der Waals surface area contributed by atoms with Gasteiger partial charge in [-0.2, -0.15) is 0 Å². The molecule has 1 aromatic carbocycles. The van der Waals surface area contributed by atoms with Crippen molar-refractivity contribution < 1.29 is 29.3 Å². The number of nitrogens with zero attached hydrogens (tertiary/aromatic N) is 2. The zero-order chi connectivity index (χ0) is 20.1. The number of hydrogen-bond donors (Lipinski definition) is 3. The predicted octanol–water partition coefficient (Wildman–Crippen LogP) is 0.540. The normalized spacial score (nSPS) is 13.6. The van der Waals surface area contributed by atoms with Crippen LogP contribution in [0, 0.1) is 0 Å². The van der Waals surface area contributed by atoms with Gasteiger partial charge in [-0.3, -0.25) is 19.3 Å². The Labute approximate surface area is 156 Å². The molecule has 0 unspecified atom stereocenters. The van der Waals surface area contributed by atoms with Crippen LogP contribution in [0.4, 0.5) is 5.69 Å². The van der Waals surface area contributed by atoms with Crippen LogP contribution in [0.2, 0.25) is 0 Å². The van der Waals surface area contributed by atoms with Crippen LogP contribution >= 0.6 is 0 Å². The van der Waals surface area contributed by atoms with E-state index < -0.39 is 11.8 Å². The Kier molecular flexibility index (Phi) is 6.40. The molecule has 0 aromatic heterocycles. The van der Waals surface area contributed by atoms with Crippen molar-refractivity contribution >= 4 is 23.4 Å². The Hall–Kier alpha value is -3.07. The van der Waals surface area contributed by atoms with Crippen LogP contribution in [-0.2, 0) is 9.59 Å². The van der Waals surface area contributed by atoms with Gasteiger partial charge in [0.15, 0.2) is 11.5 Å². The highest BCUT2D eigenvalue weighted by molar-refractivity contribution is 6.17. The molecule has 0 saturated heterocycles. The molecule has 0 fully saturated rings. The quantitative estimate of drug-likeness (QED) is 0.447. The maximum atomic E-state index is 12.6. The number of β-amino-alcohol motifs (C(OH)–C–C–N with tert-alkyl or cyclic N) is 1. The van der Waals surface area contributed by atoms with E-state index in [1.807, 2.05) is 13.8 Å². The molecule has 0 aliphatic carbocycles. The van der Waals surface area contributed by atoms with Crippen LogP contribution in [0.25, 0.3) is 0 Å². The second-order valence-electron chi connectivity index (χ2n) is 5.75. The molecule has 9 heteroatoms. The summed E-state index contributed by atoms with van der Waals surface area (Å²) in [5, 5.41) is 22.0. The number of phenols is 1. The number of aliphatic hydroxyl groups excluding tert-OH is 1. The third kappa shape index (κ3) is 4.03. The number of phenolic OH excluding ortho intramolecular Hbond substituents is 1. The molecule has 27 heavy (non-hydrogen) atoms. The van der Waals surface area contributed by atoms with Gasteiger partial charge in [-0.25, -0.2) is 0 Å². The summed E-state index contributed by atoms with van der Waals surface area (Å²) in [7, 11) is 1.34. The third-order valence-electron chi connectivity index (χ3n) is 4.19. The van der Waals surface area contributed by atoms with E-state index in [9.17, 15) is 19.5 Å². The lowest BCUT2D eigenvalue weighted by Gasteiger charge is -2.20. The summed E-state index contributed by atoms with van der Waals surface area (Å²) in [6.07, 6.45) is 1.07. The van der Waals surface area contributed by atoms with Crippen molar-refractivity contribution in [3.63, 3.8) is 0 Å². The molecule has 0 atom stereocenters. The van der Waals surface area contributed by atoms with Crippen molar-refractivity contribution in [2.45, 2.75) is 13.8 Å². The minimum absolute atomic E-state index is 0.0556. The number of carbonyl (C=O) groups excluding carboxylic acids is 3. The Morgan fingerprint density at radius 2 is 1.93 bits per heavy atom. The SMILES string of the molecule is CCN(CC)C(=O)c1cc(NC2=CC(=O)N(CCO)C2=O)c(O)c(OC)c1. The fourth-order valence-corrected chi connectivity index (χ4v) is 2.73. The number of carbonyl (C=O) groups is 3. The van der Waals surface area contributed by atoms with Gasteiger partial charge >= 0.3 is 0 Å². The zero-order valence-electron chi connectivity index (χ0n) is 15.5. The van der Waals surface area contributed by atoms with E-state index in [-0.39, 0.29) is 47.5 Å². The van der Waals surface area contributed by atoms with Crippen LogP contribution < -0.4 is 10.1 Å². The summed E-state index contributed by atoms with van der Waals surface area (Å²) >= 11 is 0. The van der Waals surface area contributed by atoms with E-state index in [2.05, 4.69) is 5.32 Å². The first-order chi connectivity index (χ1) is 12.9. The molecule has 1 aromatic rings. The number of amides is 3. The van der Waals surface area contributed by atoms with Gasteiger partial charge in [0.2, 0.25) is 0 Å². The molecule has 1 aliphatic rings. The van der Waals surface area contributed by atoms with Crippen LogP contribution in [0.5, 0.6) is 11.5 Å². The number of hydrogen-bond acceptors (Lipinski definition) is 7. The maximum absolute atomic E-state index is 12.6. The fraction of sp³-hybridized carbons (Fsp3) is 0.389. The van der Waals surface area contributed by atoms with Gasteiger partial charge in [0.05, 0.1) is 25.9 Å². The highest BCUT2D eigenvalue weighted by Gasteiger charge is 2.31. The molecule has 3 N–H and O–H groups in total. The number of imide groups is 1. The van der Waals surface area contributed by atoms with E-state index in [4.69, 9.17) is 9.84 Å². The monoisotopic (exact) mass is 377 g/mol. The number of aliphatic hydroxyl groups is 1. The summed E-state index contributed by atoms with van der Waals surface area (Å²) in [6.45, 7) is 4.23. The van der Waals surface area contributed by atoms with E-state index in [0.29, 0.717) is 13.1 Å². The third-order valence-corrected chi connectivity index (χ3v) is 4.19. The summed E-state index contributed by atoms with van der Waals surface area (Å²) < 4.78 is 5.12. The lowest BCUT2D eigenvalue weighted by atomic mass is 10.1. The molecule has 1 aliphatic heterocycles. The Morgan fingerprint density at radius 1 is 1.26 bits per heavy atom. The highest BCUT2D eigenvalue weighted by Crippen LogP contribution is 2.37. The average Bonchev–Trinajstić information content (AvgIpc) is 2.92. The Balaban J connectivity index is 2.38. The van der Waals surface area contributed by atoms with E-state index in [0.717, 1.165) is 11.0 Å². The van der Waals surface area contributed by atoms with Crippen LogP contribution in [-0.4, -0.2) is 71.1 Å². The van der Waals surface area contributed by atoms with E-state index in [1.54, 1.807) is 4.90 Å². The van der Waals surface area contributed by atoms with Crippen LogP contribution in [0.1, 0.15) is 24.2 Å². The van der Waals surface area contributed by atoms with Gasteiger partial charge in [0.25, 0.3) is 17.7 Å². The predicted molar refractivity (Wildman–Crippen MR) is 97.4 cm³/mol. The number of aromatic hydroxyl groups is 1.